The van der Waals surface area contributed by atoms with Gasteiger partial charge in [-0.2, -0.15) is 0 Å². The van der Waals surface area contributed by atoms with Gasteiger partial charge in [0.1, 0.15) is 5.25 Å². The molecule has 1 aliphatic rings. The molecule has 1 N–H and O–H groups in total. The van der Waals surface area contributed by atoms with Crippen molar-refractivity contribution in [2.75, 3.05) is 0 Å². The predicted octanol–water partition coefficient (Wildman–Crippen LogP) is 4.52. The van der Waals surface area contributed by atoms with Gasteiger partial charge in [-0.15, -0.1) is 11.8 Å². The van der Waals surface area contributed by atoms with E-state index in [9.17, 15) is 9.90 Å². The zero-order valence-electron chi connectivity index (χ0n) is 11.0. The number of para-hydroxylation sites is 1. The SMILES string of the molecule is O=C(O)[C@H]1CC(c2ccc(Br)cc2)=Nc2ccccc2S1. The molecule has 1 heterocycles. The van der Waals surface area contributed by atoms with Crippen molar-refractivity contribution in [2.24, 2.45) is 4.99 Å². The number of benzene rings is 2. The average Bonchev–Trinajstić information content (AvgIpc) is 2.67. The molecule has 0 fully saturated rings. The molecule has 2 aromatic rings. The highest BCUT2D eigenvalue weighted by molar-refractivity contribution is 9.10. The molecule has 1 aliphatic heterocycles. The Kier molecular flexibility index (Phi) is 4.12. The first-order chi connectivity index (χ1) is 10.1. The van der Waals surface area contributed by atoms with E-state index < -0.39 is 11.2 Å². The van der Waals surface area contributed by atoms with Crippen molar-refractivity contribution < 1.29 is 9.90 Å². The summed E-state index contributed by atoms with van der Waals surface area (Å²) in [7, 11) is 0. The second kappa shape index (κ2) is 6.03. The van der Waals surface area contributed by atoms with Gasteiger partial charge >= 0.3 is 5.97 Å². The molecule has 0 aromatic heterocycles. The topological polar surface area (TPSA) is 49.7 Å². The number of nitrogens with zero attached hydrogens (tertiary/aromatic N) is 1. The second-order valence-electron chi connectivity index (χ2n) is 4.68. The first kappa shape index (κ1) is 14.4. The fourth-order valence-electron chi connectivity index (χ4n) is 2.17. The van der Waals surface area contributed by atoms with Crippen molar-refractivity contribution in [3.05, 3.63) is 58.6 Å². The van der Waals surface area contributed by atoms with Gasteiger partial charge < -0.3 is 5.11 Å². The molecule has 0 radical (unpaired) electrons. The van der Waals surface area contributed by atoms with Gasteiger partial charge in [-0.3, -0.25) is 9.79 Å². The monoisotopic (exact) mass is 361 g/mol. The number of rotatable bonds is 2. The Hall–Kier alpha value is -1.59. The lowest BCUT2D eigenvalue weighted by molar-refractivity contribution is -0.136. The zero-order chi connectivity index (χ0) is 14.8. The van der Waals surface area contributed by atoms with Gasteiger partial charge in [-0.1, -0.05) is 40.2 Å². The van der Waals surface area contributed by atoms with E-state index in [1.165, 1.54) is 11.8 Å². The van der Waals surface area contributed by atoms with Crippen LogP contribution >= 0.6 is 27.7 Å². The minimum absolute atomic E-state index is 0.413. The van der Waals surface area contributed by atoms with Crippen molar-refractivity contribution in [3.8, 4) is 0 Å². The van der Waals surface area contributed by atoms with Crippen LogP contribution in [0.15, 0.2) is 62.9 Å². The maximum Gasteiger partial charge on any atom is 0.317 e. The lowest BCUT2D eigenvalue weighted by Crippen LogP contribution is -2.20. The number of aliphatic imine (C=N–C) groups is 1. The third-order valence-corrected chi connectivity index (χ3v) is 5.00. The van der Waals surface area contributed by atoms with Crippen LogP contribution in [-0.2, 0) is 4.79 Å². The Balaban J connectivity index is 2.07. The number of hydrogen-bond acceptors (Lipinski definition) is 3. The van der Waals surface area contributed by atoms with Crippen molar-refractivity contribution in [1.29, 1.82) is 0 Å². The quantitative estimate of drug-likeness (QED) is 0.855. The van der Waals surface area contributed by atoms with Crippen molar-refractivity contribution in [3.63, 3.8) is 0 Å². The Morgan fingerprint density at radius 1 is 1.19 bits per heavy atom. The van der Waals surface area contributed by atoms with E-state index >= 15 is 0 Å². The fraction of sp³-hybridized carbons (Fsp3) is 0.125. The first-order valence-electron chi connectivity index (χ1n) is 6.45. The number of hydrogen-bond donors (Lipinski definition) is 1. The van der Waals surface area contributed by atoms with E-state index in [4.69, 9.17) is 0 Å². The third-order valence-electron chi connectivity index (χ3n) is 3.22. The van der Waals surface area contributed by atoms with Crippen LogP contribution < -0.4 is 0 Å². The molecule has 0 saturated heterocycles. The van der Waals surface area contributed by atoms with E-state index in [1.807, 2.05) is 48.5 Å². The minimum Gasteiger partial charge on any atom is -0.480 e. The molecule has 3 rings (SSSR count). The molecule has 0 saturated carbocycles. The van der Waals surface area contributed by atoms with Crippen molar-refractivity contribution in [2.45, 2.75) is 16.6 Å². The van der Waals surface area contributed by atoms with Gasteiger partial charge in [0.2, 0.25) is 0 Å². The normalized spacial score (nSPS) is 17.6. The van der Waals surface area contributed by atoms with Crippen LogP contribution in [0.25, 0.3) is 0 Å². The number of carbonyl (C=O) groups is 1. The van der Waals surface area contributed by atoms with Crippen LogP contribution in [0.3, 0.4) is 0 Å². The van der Waals surface area contributed by atoms with Gasteiger partial charge in [0.05, 0.1) is 11.4 Å². The first-order valence-corrected chi connectivity index (χ1v) is 8.13. The molecule has 3 nitrogen and oxygen atoms in total. The average molecular weight is 362 g/mol. The number of carboxylic acids is 1. The Bertz CT molecular complexity index is 712. The summed E-state index contributed by atoms with van der Waals surface area (Å²) < 4.78 is 0.991. The van der Waals surface area contributed by atoms with Crippen LogP contribution in [0.5, 0.6) is 0 Å². The van der Waals surface area contributed by atoms with Gasteiger partial charge in [-0.05, 0) is 29.8 Å². The molecule has 21 heavy (non-hydrogen) atoms. The smallest absolute Gasteiger partial charge is 0.317 e. The molecule has 106 valence electrons. The molecule has 0 unspecified atom stereocenters. The minimum atomic E-state index is -0.804. The highest BCUT2D eigenvalue weighted by atomic mass is 79.9. The number of fused-ring (bicyclic) bond motifs is 1. The van der Waals surface area contributed by atoms with E-state index in [0.717, 1.165) is 26.3 Å². The van der Waals surface area contributed by atoms with E-state index in [0.29, 0.717) is 6.42 Å². The lowest BCUT2D eigenvalue weighted by atomic mass is 10.1. The molecule has 0 bridgehead atoms. The summed E-state index contributed by atoms with van der Waals surface area (Å²) in [5, 5.41) is 8.90. The van der Waals surface area contributed by atoms with Crippen molar-refractivity contribution >= 4 is 45.1 Å². The molecule has 0 spiro atoms. The summed E-state index contributed by atoms with van der Waals surface area (Å²) in [6.45, 7) is 0. The van der Waals surface area contributed by atoms with Crippen LogP contribution in [0, 0.1) is 0 Å². The Labute approximate surface area is 135 Å². The fourth-order valence-corrected chi connectivity index (χ4v) is 3.48. The third kappa shape index (κ3) is 3.19. The number of aliphatic carboxylic acids is 1. The molecule has 5 heteroatoms. The van der Waals surface area contributed by atoms with E-state index in [1.54, 1.807) is 0 Å². The maximum absolute atomic E-state index is 11.5. The number of carboxylic acid groups (broad SMARTS) is 1. The number of thioether (sulfide) groups is 1. The molecule has 0 aliphatic carbocycles. The van der Waals surface area contributed by atoms with E-state index in [-0.39, 0.29) is 0 Å². The highest BCUT2D eigenvalue weighted by Crippen LogP contribution is 2.38. The van der Waals surface area contributed by atoms with Crippen LogP contribution in [0.1, 0.15) is 12.0 Å². The maximum atomic E-state index is 11.5. The Morgan fingerprint density at radius 2 is 1.90 bits per heavy atom. The zero-order valence-corrected chi connectivity index (χ0v) is 13.4. The van der Waals surface area contributed by atoms with Crippen LogP contribution in [0.4, 0.5) is 5.69 Å². The second-order valence-corrected chi connectivity index (χ2v) is 6.84. The summed E-state index contributed by atoms with van der Waals surface area (Å²) in [5.41, 5.74) is 2.61. The summed E-state index contributed by atoms with van der Waals surface area (Å²) in [5.74, 6) is -0.804. The van der Waals surface area contributed by atoms with Gasteiger partial charge in [-0.25, -0.2) is 0 Å². The number of halogens is 1. The largest absolute Gasteiger partial charge is 0.480 e. The Morgan fingerprint density at radius 3 is 2.62 bits per heavy atom. The van der Waals surface area contributed by atoms with Gasteiger partial charge in [0, 0.05) is 15.8 Å². The molecular formula is C16H12BrNO2S. The predicted molar refractivity (Wildman–Crippen MR) is 88.7 cm³/mol. The lowest BCUT2D eigenvalue weighted by Gasteiger charge is -2.10. The van der Waals surface area contributed by atoms with Crippen LogP contribution in [0.2, 0.25) is 0 Å². The molecular weight excluding hydrogens is 350 g/mol. The highest BCUT2D eigenvalue weighted by Gasteiger charge is 2.26. The standard InChI is InChI=1S/C16H12BrNO2S/c17-11-7-5-10(6-8-11)13-9-15(16(19)20)21-14-4-2-1-3-12(14)18-13/h1-8,15H,9H2,(H,19,20)/t15-/m1/s1. The molecule has 2 aromatic carbocycles. The summed E-state index contributed by atoms with van der Waals surface area (Å²) >= 11 is 4.77. The summed E-state index contributed by atoms with van der Waals surface area (Å²) in [6, 6.07) is 15.5. The van der Waals surface area contributed by atoms with Crippen LogP contribution in [-0.4, -0.2) is 22.0 Å². The summed E-state index contributed by atoms with van der Waals surface area (Å²) in [6.07, 6.45) is 0.413. The molecule has 1 atom stereocenters. The van der Waals surface area contributed by atoms with Gasteiger partial charge in [0.25, 0.3) is 0 Å². The van der Waals surface area contributed by atoms with Gasteiger partial charge in [0.15, 0.2) is 0 Å². The van der Waals surface area contributed by atoms with E-state index in [2.05, 4.69) is 20.9 Å². The van der Waals surface area contributed by atoms with Crippen molar-refractivity contribution in [1.82, 2.24) is 0 Å². The molecule has 0 amide bonds. The summed E-state index contributed by atoms with van der Waals surface area (Å²) in [4.78, 5) is 17.1.